The van der Waals surface area contributed by atoms with Crippen molar-refractivity contribution in [3.05, 3.63) is 89.2 Å². The normalized spacial score (nSPS) is 17.6. The van der Waals surface area contributed by atoms with E-state index in [0.29, 0.717) is 35.1 Å². The number of likely N-dealkylation sites (N-methyl/N-ethyl adjacent to an activating group) is 1. The number of nitrogens with two attached hydrogens (primary N) is 1. The molecule has 14 nitrogen and oxygen atoms in total. The molecule has 0 radical (unpaired) electrons. The highest BCUT2D eigenvalue weighted by Crippen LogP contribution is 2.32. The molecule has 2 saturated heterocycles. The van der Waals surface area contributed by atoms with Crippen LogP contribution in [0.5, 0.6) is 5.75 Å². The number of rotatable bonds is 11. The van der Waals surface area contributed by atoms with Crippen LogP contribution < -0.4 is 21.1 Å². The molecule has 16 heteroatoms. The molecule has 3 aromatic carbocycles. The number of nitrogens with one attached hydrogen (secondary N) is 2. The average molecular weight is 718 g/mol. The first-order valence-corrected chi connectivity index (χ1v) is 17.2. The van der Waals surface area contributed by atoms with Crippen LogP contribution in [0.4, 0.5) is 19.1 Å². The fourth-order valence-electron chi connectivity index (χ4n) is 6.26. The fraction of sp³-hybridized carbons (Fsp3) is 0.343. The van der Waals surface area contributed by atoms with E-state index in [1.54, 1.807) is 58.3 Å². The maximum Gasteiger partial charge on any atom is 0.412 e. The topological polar surface area (TPSA) is 157 Å². The molecule has 2 aliphatic rings. The van der Waals surface area contributed by atoms with Gasteiger partial charge in [0, 0.05) is 39.6 Å². The zero-order chi connectivity index (χ0) is 36.2. The minimum Gasteiger partial charge on any atom is -0.410 e. The first kappa shape index (κ1) is 35.5. The number of aromatic nitrogens is 1. The predicted molar refractivity (Wildman–Crippen MR) is 190 cm³/mol. The Morgan fingerprint density at radius 1 is 1.02 bits per heavy atom. The number of nitrogens with zero attached hydrogens (tertiary/aromatic N) is 6. The molecule has 2 aliphatic heterocycles. The number of hydrogen-bond acceptors (Lipinski definition) is 10. The van der Waals surface area contributed by atoms with Gasteiger partial charge in [0.15, 0.2) is 5.13 Å². The van der Waals surface area contributed by atoms with Crippen LogP contribution in [0.2, 0.25) is 0 Å². The van der Waals surface area contributed by atoms with E-state index in [2.05, 4.69) is 15.6 Å². The molecule has 2 fully saturated rings. The number of amides is 5. The summed E-state index contributed by atoms with van der Waals surface area (Å²) in [5, 5.41) is 8.95. The third-order valence-corrected chi connectivity index (χ3v) is 9.72. The van der Waals surface area contributed by atoms with Gasteiger partial charge in [0.05, 0.1) is 23.3 Å². The molecule has 4 aromatic rings. The van der Waals surface area contributed by atoms with Gasteiger partial charge in [0.25, 0.3) is 0 Å². The third kappa shape index (κ3) is 8.19. The first-order valence-electron chi connectivity index (χ1n) is 16.4. The summed E-state index contributed by atoms with van der Waals surface area (Å²) in [6, 6.07) is 17.0. The summed E-state index contributed by atoms with van der Waals surface area (Å²) in [4.78, 5) is 63.2. The quantitative estimate of drug-likeness (QED) is 0.212. The molecular weight excluding hydrogens is 678 g/mol. The molecule has 51 heavy (non-hydrogen) atoms. The minimum absolute atomic E-state index is 0.114. The van der Waals surface area contributed by atoms with Crippen molar-refractivity contribution in [3.63, 3.8) is 0 Å². The van der Waals surface area contributed by atoms with Gasteiger partial charge < -0.3 is 35.8 Å². The molecule has 0 saturated carbocycles. The van der Waals surface area contributed by atoms with Crippen molar-refractivity contribution in [2.45, 2.75) is 31.7 Å². The molecule has 5 amide bonds. The van der Waals surface area contributed by atoms with Crippen molar-refractivity contribution in [3.8, 4) is 5.75 Å². The van der Waals surface area contributed by atoms with Crippen molar-refractivity contribution in [2.24, 2.45) is 0 Å². The highest BCUT2D eigenvalue weighted by atomic mass is 32.1. The largest absolute Gasteiger partial charge is 0.412 e. The number of benzene rings is 3. The Hall–Kier alpha value is -5.32. The van der Waals surface area contributed by atoms with E-state index < -0.39 is 24.3 Å². The van der Waals surface area contributed by atoms with Gasteiger partial charge in [-0.25, -0.2) is 19.0 Å². The standard InChI is InChI=1S/C35H40FN9O5S/c1-41(2)16-15-38-35(49)50-26-13-9-22(10-14-26)17-27-32(47)43(19-24-5-4-6-28-31(24)40-33(37)51-28)20-29-44(21-30(46)45(27)29)42(3)34(48)39-18-23-7-11-25(36)12-8-23/h4-14,27,29H,15-21H2,1-3H3,(H2,37,40)(H,38,49)(H,39,48)/t27-,29+/m0/s1. The lowest BCUT2D eigenvalue weighted by Gasteiger charge is -2.45. The van der Waals surface area contributed by atoms with Crippen LogP contribution in [0, 0.1) is 5.82 Å². The van der Waals surface area contributed by atoms with E-state index in [1.165, 1.54) is 28.5 Å². The van der Waals surface area contributed by atoms with Crippen molar-refractivity contribution < 1.29 is 28.3 Å². The Kier molecular flexibility index (Phi) is 10.6. The van der Waals surface area contributed by atoms with Crippen molar-refractivity contribution >= 4 is 50.6 Å². The van der Waals surface area contributed by atoms with Gasteiger partial charge in [-0.15, -0.1) is 0 Å². The molecule has 0 spiro atoms. The molecule has 0 bridgehead atoms. The number of hydrogen-bond donors (Lipinski definition) is 3. The molecule has 1 aromatic heterocycles. The maximum absolute atomic E-state index is 14.3. The number of piperazine rings is 1. The van der Waals surface area contributed by atoms with Crippen LogP contribution in [-0.2, 0) is 29.1 Å². The summed E-state index contributed by atoms with van der Waals surface area (Å²) in [5.41, 5.74) is 9.00. The van der Waals surface area contributed by atoms with E-state index in [0.717, 1.165) is 15.8 Å². The smallest absolute Gasteiger partial charge is 0.410 e. The van der Waals surface area contributed by atoms with Crippen molar-refractivity contribution in [1.82, 2.24) is 40.3 Å². The van der Waals surface area contributed by atoms with Gasteiger partial charge >= 0.3 is 12.1 Å². The molecule has 0 aliphatic carbocycles. The molecule has 4 N–H and O–H groups in total. The lowest BCUT2D eigenvalue weighted by atomic mass is 9.99. The monoisotopic (exact) mass is 717 g/mol. The van der Waals surface area contributed by atoms with Crippen LogP contribution in [-0.4, -0.2) is 113 Å². The van der Waals surface area contributed by atoms with Crippen molar-refractivity contribution in [2.75, 3.05) is 53.1 Å². The summed E-state index contributed by atoms with van der Waals surface area (Å²) in [5.74, 6) is -0.574. The Bertz CT molecular complexity index is 1910. The van der Waals surface area contributed by atoms with Crippen LogP contribution in [0.25, 0.3) is 10.2 Å². The molecule has 2 atom stereocenters. The zero-order valence-corrected chi connectivity index (χ0v) is 29.4. The van der Waals surface area contributed by atoms with Gasteiger partial charge in [0.1, 0.15) is 23.8 Å². The van der Waals surface area contributed by atoms with Gasteiger partial charge in [-0.2, -0.15) is 5.01 Å². The second-order valence-electron chi connectivity index (χ2n) is 12.7. The van der Waals surface area contributed by atoms with Gasteiger partial charge in [-0.05, 0) is 61.1 Å². The first-order chi connectivity index (χ1) is 24.5. The second-order valence-corrected chi connectivity index (χ2v) is 13.8. The minimum atomic E-state index is -0.877. The molecule has 0 unspecified atom stereocenters. The molecule has 3 heterocycles. The number of urea groups is 1. The fourth-order valence-corrected chi connectivity index (χ4v) is 7.04. The number of ether oxygens (including phenoxy) is 1. The number of halogens is 1. The molecular formula is C35H40FN9O5S. The van der Waals surface area contributed by atoms with Crippen LogP contribution in [0.3, 0.4) is 0 Å². The number of carbonyl (C=O) groups is 4. The van der Waals surface area contributed by atoms with Gasteiger partial charge in [0.2, 0.25) is 11.8 Å². The van der Waals surface area contributed by atoms with Gasteiger partial charge in [-0.3, -0.25) is 14.6 Å². The summed E-state index contributed by atoms with van der Waals surface area (Å²) >= 11 is 1.36. The van der Waals surface area contributed by atoms with E-state index in [1.807, 2.05) is 37.2 Å². The number of nitrogen functional groups attached to an aromatic ring is 1. The lowest BCUT2D eigenvalue weighted by molar-refractivity contribution is -0.157. The predicted octanol–water partition coefficient (Wildman–Crippen LogP) is 2.85. The number of hydrazine groups is 1. The SMILES string of the molecule is CN(C)CCNC(=O)Oc1ccc(C[C@H]2C(=O)N(Cc3cccc4sc(N)nc34)C[C@H]3N2C(=O)CN3N(C)C(=O)NCc2ccc(F)cc2)cc1. The highest BCUT2D eigenvalue weighted by molar-refractivity contribution is 7.22. The Labute approximate surface area is 298 Å². The van der Waals surface area contributed by atoms with Crippen LogP contribution in [0.15, 0.2) is 66.7 Å². The van der Waals surface area contributed by atoms with Gasteiger partial charge in [-0.1, -0.05) is 47.7 Å². The Balaban J connectivity index is 1.22. The summed E-state index contributed by atoms with van der Waals surface area (Å²) in [6.45, 7) is 1.50. The second kappa shape index (κ2) is 15.3. The number of para-hydroxylation sites is 1. The van der Waals surface area contributed by atoms with Crippen LogP contribution in [0.1, 0.15) is 16.7 Å². The number of thiazole rings is 1. The average Bonchev–Trinajstić information content (AvgIpc) is 3.65. The van der Waals surface area contributed by atoms with Crippen molar-refractivity contribution in [1.29, 1.82) is 0 Å². The summed E-state index contributed by atoms with van der Waals surface area (Å²) < 4.78 is 19.7. The summed E-state index contributed by atoms with van der Waals surface area (Å²) in [7, 11) is 5.38. The number of carbonyl (C=O) groups excluding carboxylic acids is 4. The summed E-state index contributed by atoms with van der Waals surface area (Å²) in [6.07, 6.45) is -1.03. The van der Waals surface area contributed by atoms with E-state index in [9.17, 15) is 23.6 Å². The Morgan fingerprint density at radius 3 is 2.47 bits per heavy atom. The van der Waals surface area contributed by atoms with E-state index in [4.69, 9.17) is 10.5 Å². The third-order valence-electron chi connectivity index (χ3n) is 8.87. The lowest BCUT2D eigenvalue weighted by Crippen LogP contribution is -2.65. The highest BCUT2D eigenvalue weighted by Gasteiger charge is 2.51. The molecule has 268 valence electrons. The zero-order valence-electron chi connectivity index (χ0n) is 28.5. The van der Waals surface area contributed by atoms with E-state index in [-0.39, 0.29) is 50.2 Å². The molecule has 6 rings (SSSR count). The number of anilines is 1. The Morgan fingerprint density at radius 2 is 1.75 bits per heavy atom. The number of fused-ring (bicyclic) bond motifs is 2. The van der Waals surface area contributed by atoms with Crippen LogP contribution >= 0.6 is 11.3 Å². The van der Waals surface area contributed by atoms with E-state index >= 15 is 0 Å². The maximum atomic E-state index is 14.3.